The summed E-state index contributed by atoms with van der Waals surface area (Å²) in [7, 11) is 1.60. The van der Waals surface area contributed by atoms with Gasteiger partial charge in [0.25, 0.3) is 0 Å². The minimum absolute atomic E-state index is 0.0947. The van der Waals surface area contributed by atoms with Gasteiger partial charge in [0, 0.05) is 30.3 Å². The second-order valence-corrected chi connectivity index (χ2v) is 9.50. The van der Waals surface area contributed by atoms with Crippen LogP contribution in [-0.4, -0.2) is 72.0 Å². The van der Waals surface area contributed by atoms with Crippen LogP contribution in [0, 0.1) is 0 Å². The summed E-state index contributed by atoms with van der Waals surface area (Å²) in [4.78, 5) is 28.3. The van der Waals surface area contributed by atoms with E-state index in [0.29, 0.717) is 17.7 Å². The Morgan fingerprint density at radius 3 is 2.59 bits per heavy atom. The number of rotatable bonds is 9. The molecule has 2 amide bonds. The zero-order valence-electron chi connectivity index (χ0n) is 21.4. The molecule has 0 bridgehead atoms. The number of hydrogen-bond donors (Lipinski definition) is 3. The van der Waals surface area contributed by atoms with Crippen LogP contribution in [0.5, 0.6) is 11.5 Å². The van der Waals surface area contributed by atoms with E-state index in [9.17, 15) is 19.8 Å². The van der Waals surface area contributed by atoms with E-state index >= 15 is 0 Å². The summed E-state index contributed by atoms with van der Waals surface area (Å²) in [6.07, 6.45) is 1.90. The van der Waals surface area contributed by atoms with Crippen LogP contribution in [0.1, 0.15) is 30.9 Å². The van der Waals surface area contributed by atoms with Crippen molar-refractivity contribution in [2.75, 3.05) is 26.8 Å². The lowest BCUT2D eigenvalue weighted by atomic mass is 9.77. The Morgan fingerprint density at radius 2 is 1.86 bits per heavy atom. The Labute approximate surface area is 217 Å². The molecule has 0 aromatic heterocycles. The summed E-state index contributed by atoms with van der Waals surface area (Å²) in [6, 6.07) is 14.2. The van der Waals surface area contributed by atoms with E-state index in [1.807, 2.05) is 62.4 Å². The fraction of sp³-hybridized carbons (Fsp3) is 0.379. The van der Waals surface area contributed by atoms with Crippen LogP contribution in [0.2, 0.25) is 0 Å². The highest BCUT2D eigenvalue weighted by Crippen LogP contribution is 2.47. The number of carbonyl (C=O) groups is 2. The first-order valence-electron chi connectivity index (χ1n) is 12.5. The van der Waals surface area contributed by atoms with Crippen LogP contribution in [-0.2, 0) is 16.0 Å². The second-order valence-electron chi connectivity index (χ2n) is 9.50. The SMILES string of the molecule is COc1ccccc1CCN(C(=O)C=C(C)C)C1C=C(C(=O)NCCO)C2c3ccccc3OC2C1O. The van der Waals surface area contributed by atoms with Gasteiger partial charge >= 0.3 is 0 Å². The van der Waals surface area contributed by atoms with Crippen LogP contribution in [0.3, 0.4) is 0 Å². The van der Waals surface area contributed by atoms with E-state index in [1.165, 1.54) is 6.08 Å². The molecule has 0 saturated heterocycles. The molecule has 1 heterocycles. The molecule has 3 N–H and O–H groups in total. The smallest absolute Gasteiger partial charge is 0.247 e. The molecule has 4 unspecified atom stereocenters. The van der Waals surface area contributed by atoms with Gasteiger partial charge in [-0.25, -0.2) is 0 Å². The monoisotopic (exact) mass is 506 g/mol. The molecule has 0 fully saturated rings. The van der Waals surface area contributed by atoms with Gasteiger partial charge in [-0.1, -0.05) is 42.0 Å². The number of nitrogens with zero attached hydrogens (tertiary/aromatic N) is 1. The van der Waals surface area contributed by atoms with E-state index in [0.717, 1.165) is 22.4 Å². The number of amides is 2. The first kappa shape index (κ1) is 26.4. The molecular formula is C29H34N2O6. The topological polar surface area (TPSA) is 108 Å². The molecule has 1 aliphatic carbocycles. The van der Waals surface area contributed by atoms with Gasteiger partial charge in [0.1, 0.15) is 23.7 Å². The number of fused-ring (bicyclic) bond motifs is 3. The molecule has 4 rings (SSSR count). The molecule has 2 aromatic carbocycles. The average molecular weight is 507 g/mol. The number of aliphatic hydroxyl groups excluding tert-OH is 2. The van der Waals surface area contributed by atoms with Gasteiger partial charge in [-0.3, -0.25) is 9.59 Å². The number of para-hydroxylation sites is 2. The number of nitrogens with one attached hydrogen (secondary N) is 1. The third-order valence-corrected chi connectivity index (χ3v) is 6.75. The van der Waals surface area contributed by atoms with Crippen molar-refractivity contribution in [3.63, 3.8) is 0 Å². The molecule has 4 atom stereocenters. The van der Waals surface area contributed by atoms with Crippen LogP contribution in [0.15, 0.2) is 71.8 Å². The molecule has 0 radical (unpaired) electrons. The van der Waals surface area contributed by atoms with Gasteiger partial charge in [-0.15, -0.1) is 0 Å². The Hall–Kier alpha value is -3.62. The van der Waals surface area contributed by atoms with Gasteiger partial charge in [0.2, 0.25) is 11.8 Å². The lowest BCUT2D eigenvalue weighted by molar-refractivity contribution is -0.132. The molecule has 2 aliphatic rings. The molecule has 1 aliphatic heterocycles. The minimum atomic E-state index is -1.07. The molecule has 37 heavy (non-hydrogen) atoms. The average Bonchev–Trinajstić information content (AvgIpc) is 3.28. The Morgan fingerprint density at radius 1 is 1.14 bits per heavy atom. The summed E-state index contributed by atoms with van der Waals surface area (Å²) in [5.41, 5.74) is 2.97. The molecule has 0 spiro atoms. The van der Waals surface area contributed by atoms with Crippen molar-refractivity contribution in [1.82, 2.24) is 10.2 Å². The number of ether oxygens (including phenoxy) is 2. The molecule has 8 nitrogen and oxygen atoms in total. The fourth-order valence-corrected chi connectivity index (χ4v) is 5.08. The number of hydrogen-bond acceptors (Lipinski definition) is 6. The van der Waals surface area contributed by atoms with Crippen LogP contribution in [0.4, 0.5) is 0 Å². The summed E-state index contributed by atoms with van der Waals surface area (Å²) in [6.45, 7) is 3.86. The maximum atomic E-state index is 13.4. The summed E-state index contributed by atoms with van der Waals surface area (Å²) >= 11 is 0. The molecule has 2 aromatic rings. The quantitative estimate of drug-likeness (QED) is 0.451. The largest absolute Gasteiger partial charge is 0.496 e. The van der Waals surface area contributed by atoms with Crippen molar-refractivity contribution in [1.29, 1.82) is 0 Å². The predicted octanol–water partition coefficient (Wildman–Crippen LogP) is 2.36. The predicted molar refractivity (Wildman–Crippen MR) is 139 cm³/mol. The first-order valence-corrected chi connectivity index (χ1v) is 12.5. The Bertz CT molecular complexity index is 1200. The molecule has 196 valence electrons. The summed E-state index contributed by atoms with van der Waals surface area (Å²) in [5, 5.41) is 23.5. The highest BCUT2D eigenvalue weighted by molar-refractivity contribution is 5.96. The normalized spacial score (nSPS) is 21.6. The van der Waals surface area contributed by atoms with Crippen LogP contribution < -0.4 is 14.8 Å². The Balaban J connectivity index is 1.73. The second kappa shape index (κ2) is 11.6. The van der Waals surface area contributed by atoms with E-state index < -0.39 is 24.2 Å². The zero-order valence-corrected chi connectivity index (χ0v) is 21.4. The molecule has 0 saturated carbocycles. The number of allylic oxidation sites excluding steroid dienone is 1. The van der Waals surface area contributed by atoms with Crippen molar-refractivity contribution in [2.24, 2.45) is 0 Å². The van der Waals surface area contributed by atoms with Crippen molar-refractivity contribution >= 4 is 11.8 Å². The number of aliphatic hydroxyl groups is 2. The van der Waals surface area contributed by atoms with E-state index in [2.05, 4.69) is 5.32 Å². The molecular weight excluding hydrogens is 472 g/mol. The van der Waals surface area contributed by atoms with Gasteiger partial charge in [0.05, 0.1) is 25.7 Å². The lowest BCUT2D eigenvalue weighted by Gasteiger charge is -2.40. The van der Waals surface area contributed by atoms with Crippen molar-refractivity contribution in [3.05, 3.63) is 83.0 Å². The third-order valence-electron chi connectivity index (χ3n) is 6.75. The van der Waals surface area contributed by atoms with E-state index in [4.69, 9.17) is 9.47 Å². The zero-order chi connectivity index (χ0) is 26.5. The minimum Gasteiger partial charge on any atom is -0.496 e. The van der Waals surface area contributed by atoms with Crippen LogP contribution in [0.25, 0.3) is 0 Å². The maximum Gasteiger partial charge on any atom is 0.247 e. The molecule has 8 heteroatoms. The van der Waals surface area contributed by atoms with Crippen molar-refractivity contribution < 1.29 is 29.3 Å². The Kier molecular flexibility index (Phi) is 8.31. The van der Waals surface area contributed by atoms with Gasteiger partial charge in [0.15, 0.2) is 0 Å². The van der Waals surface area contributed by atoms with Gasteiger partial charge in [-0.05, 0) is 44.0 Å². The highest BCUT2D eigenvalue weighted by atomic mass is 16.5. The third kappa shape index (κ3) is 5.55. The van der Waals surface area contributed by atoms with Crippen LogP contribution >= 0.6 is 0 Å². The highest BCUT2D eigenvalue weighted by Gasteiger charge is 2.50. The van der Waals surface area contributed by atoms with Crippen molar-refractivity contribution in [2.45, 2.75) is 44.4 Å². The maximum absolute atomic E-state index is 13.4. The lowest BCUT2D eigenvalue weighted by Crippen LogP contribution is -2.56. The van der Waals surface area contributed by atoms with E-state index in [1.54, 1.807) is 18.1 Å². The number of carbonyl (C=O) groups excluding carboxylic acids is 2. The fourth-order valence-electron chi connectivity index (χ4n) is 5.08. The van der Waals surface area contributed by atoms with Gasteiger partial charge in [-0.2, -0.15) is 0 Å². The van der Waals surface area contributed by atoms with Gasteiger partial charge < -0.3 is 29.9 Å². The van der Waals surface area contributed by atoms with E-state index in [-0.39, 0.29) is 31.5 Å². The summed E-state index contributed by atoms with van der Waals surface area (Å²) < 4.78 is 11.6. The van der Waals surface area contributed by atoms with Crippen molar-refractivity contribution in [3.8, 4) is 11.5 Å². The standard InChI is InChI=1S/C29H34N2O6/c1-18(2)16-25(33)31(14-12-19-8-4-6-10-23(19)36-3)22-17-21(29(35)30-13-15-32)26-20-9-5-7-11-24(20)37-28(26)27(22)34/h4-11,16-17,22,26-28,32,34H,12-15H2,1-3H3,(H,30,35). The number of benzene rings is 2. The first-order chi connectivity index (χ1) is 17.8. The summed E-state index contributed by atoms with van der Waals surface area (Å²) in [5.74, 6) is 0.209. The number of methoxy groups -OCH3 is 1.